The van der Waals surface area contributed by atoms with Gasteiger partial charge in [-0.1, -0.05) is 0 Å². The molecule has 0 aliphatic carbocycles. The molecule has 0 bridgehead atoms. The van der Waals surface area contributed by atoms with Crippen LogP contribution in [0, 0.1) is 21.8 Å². The summed E-state index contributed by atoms with van der Waals surface area (Å²) in [5, 5.41) is 11.7. The van der Waals surface area contributed by atoms with Gasteiger partial charge < -0.3 is 9.80 Å². The summed E-state index contributed by atoms with van der Waals surface area (Å²) in [4.78, 5) is 31.7. The molecule has 0 unspecified atom stereocenters. The fourth-order valence-electron chi connectivity index (χ4n) is 5.04. The first-order valence-corrected chi connectivity index (χ1v) is 13.5. The number of halogens is 1. The third kappa shape index (κ3) is 4.98. The third-order valence-corrected chi connectivity index (χ3v) is 9.02. The number of nitro groups is 1. The number of benzene rings is 2. The first-order valence-electron chi connectivity index (χ1n) is 12.1. The second-order valence-corrected chi connectivity index (χ2v) is 11.2. The van der Waals surface area contributed by atoms with Gasteiger partial charge in [0, 0.05) is 80.7 Å². The Morgan fingerprint density at radius 1 is 0.973 bits per heavy atom. The predicted molar refractivity (Wildman–Crippen MR) is 135 cm³/mol. The van der Waals surface area contributed by atoms with E-state index in [1.54, 1.807) is 12.3 Å². The van der Waals surface area contributed by atoms with Crippen molar-refractivity contribution in [2.75, 3.05) is 44.2 Å². The van der Waals surface area contributed by atoms with Crippen LogP contribution in [0.4, 0.5) is 15.8 Å². The van der Waals surface area contributed by atoms with Crippen molar-refractivity contribution < 1.29 is 22.5 Å². The second kappa shape index (κ2) is 10.0. The van der Waals surface area contributed by atoms with Crippen molar-refractivity contribution in [1.82, 2.24) is 14.2 Å². The zero-order valence-corrected chi connectivity index (χ0v) is 20.8. The van der Waals surface area contributed by atoms with Crippen LogP contribution in [-0.4, -0.2) is 72.7 Å². The number of aromatic nitrogens is 1. The van der Waals surface area contributed by atoms with E-state index in [0.717, 1.165) is 11.1 Å². The molecule has 2 aliphatic rings. The summed E-state index contributed by atoms with van der Waals surface area (Å²) in [6.07, 6.45) is 2.50. The molecule has 194 valence electrons. The lowest BCUT2D eigenvalue weighted by Crippen LogP contribution is -2.52. The Morgan fingerprint density at radius 2 is 1.65 bits per heavy atom. The summed E-state index contributed by atoms with van der Waals surface area (Å²) >= 11 is 0. The van der Waals surface area contributed by atoms with Crippen molar-refractivity contribution in [3.05, 3.63) is 70.7 Å². The summed E-state index contributed by atoms with van der Waals surface area (Å²) in [5.41, 5.74) is 1.38. The number of pyridine rings is 1. The highest BCUT2D eigenvalue weighted by Crippen LogP contribution is 2.29. The molecule has 1 amide bonds. The Labute approximate surface area is 213 Å². The molecule has 0 radical (unpaired) electrons. The zero-order valence-electron chi connectivity index (χ0n) is 20.0. The number of hydrogen-bond acceptors (Lipinski definition) is 7. The number of carbonyl (C=O) groups is 1. The molecular formula is C25H26FN5O5S. The molecule has 3 aromatic rings. The van der Waals surface area contributed by atoms with Crippen LogP contribution in [0.15, 0.2) is 59.6 Å². The summed E-state index contributed by atoms with van der Waals surface area (Å²) in [6, 6.07) is 11.3. The monoisotopic (exact) mass is 527 g/mol. The molecule has 37 heavy (non-hydrogen) atoms. The van der Waals surface area contributed by atoms with Gasteiger partial charge in [-0.25, -0.2) is 12.8 Å². The first kappa shape index (κ1) is 25.0. The normalized spacial score (nSPS) is 17.8. The molecule has 2 aliphatic heterocycles. The van der Waals surface area contributed by atoms with Crippen molar-refractivity contribution in [3.63, 3.8) is 0 Å². The lowest BCUT2D eigenvalue weighted by atomic mass is 9.96. The molecule has 1 aromatic heterocycles. The molecule has 2 aromatic carbocycles. The Morgan fingerprint density at radius 3 is 2.30 bits per heavy atom. The SMILES string of the molecule is O=C(C1CCN(S(=O)(=O)c2ccc([N+](=O)[O-])cc2)CC1)N1CCN(c2ccnc3cc(F)ccc23)CC1. The molecule has 3 heterocycles. The van der Waals surface area contributed by atoms with Gasteiger partial charge >= 0.3 is 0 Å². The minimum Gasteiger partial charge on any atom is -0.367 e. The van der Waals surface area contributed by atoms with Crippen LogP contribution in [0.25, 0.3) is 10.9 Å². The van der Waals surface area contributed by atoms with Crippen molar-refractivity contribution in [3.8, 4) is 0 Å². The smallest absolute Gasteiger partial charge is 0.269 e. The summed E-state index contributed by atoms with van der Waals surface area (Å²) in [7, 11) is -3.79. The van der Waals surface area contributed by atoms with E-state index >= 15 is 0 Å². The Kier molecular flexibility index (Phi) is 6.78. The van der Waals surface area contributed by atoms with Gasteiger partial charge in [0.1, 0.15) is 5.82 Å². The van der Waals surface area contributed by atoms with E-state index in [0.29, 0.717) is 44.5 Å². The number of piperidine rings is 1. The number of nitrogens with zero attached hydrogens (tertiary/aromatic N) is 5. The molecule has 2 fully saturated rings. The number of anilines is 1. The average molecular weight is 528 g/mol. The van der Waals surface area contributed by atoms with E-state index in [-0.39, 0.29) is 41.3 Å². The van der Waals surface area contributed by atoms with Crippen LogP contribution in [-0.2, 0) is 14.8 Å². The van der Waals surface area contributed by atoms with E-state index < -0.39 is 14.9 Å². The van der Waals surface area contributed by atoms with Crippen molar-refractivity contribution in [2.45, 2.75) is 17.7 Å². The number of hydrogen-bond donors (Lipinski definition) is 0. The van der Waals surface area contributed by atoms with Crippen LogP contribution >= 0.6 is 0 Å². The van der Waals surface area contributed by atoms with Crippen molar-refractivity contribution in [1.29, 1.82) is 0 Å². The maximum Gasteiger partial charge on any atom is 0.269 e. The zero-order chi connectivity index (χ0) is 26.2. The van der Waals surface area contributed by atoms with Gasteiger partial charge in [0.05, 0.1) is 15.3 Å². The molecular weight excluding hydrogens is 501 g/mol. The Hall–Kier alpha value is -3.64. The second-order valence-electron chi connectivity index (χ2n) is 9.23. The summed E-state index contributed by atoms with van der Waals surface area (Å²) in [6.45, 7) is 2.80. The topological polar surface area (TPSA) is 117 Å². The largest absolute Gasteiger partial charge is 0.367 e. The summed E-state index contributed by atoms with van der Waals surface area (Å²) < 4.78 is 40.8. The third-order valence-electron chi connectivity index (χ3n) is 7.10. The quantitative estimate of drug-likeness (QED) is 0.370. The molecule has 0 atom stereocenters. The molecule has 0 N–H and O–H groups in total. The number of non-ortho nitro benzene ring substituents is 1. The van der Waals surface area contributed by atoms with E-state index in [1.165, 1.54) is 40.7 Å². The van der Waals surface area contributed by atoms with Gasteiger partial charge in [0.15, 0.2) is 0 Å². The maximum atomic E-state index is 13.6. The molecule has 12 heteroatoms. The van der Waals surface area contributed by atoms with Gasteiger partial charge in [-0.3, -0.25) is 19.9 Å². The van der Waals surface area contributed by atoms with Crippen molar-refractivity contribution >= 4 is 38.2 Å². The fraction of sp³-hybridized carbons (Fsp3) is 0.360. The maximum absolute atomic E-state index is 13.6. The van der Waals surface area contributed by atoms with E-state index in [1.807, 2.05) is 11.0 Å². The Bertz CT molecular complexity index is 1430. The lowest BCUT2D eigenvalue weighted by molar-refractivity contribution is -0.384. The van der Waals surface area contributed by atoms with Gasteiger partial charge in [-0.2, -0.15) is 4.31 Å². The number of amides is 1. The highest BCUT2D eigenvalue weighted by molar-refractivity contribution is 7.89. The van der Waals surface area contributed by atoms with Gasteiger partial charge in [0.25, 0.3) is 5.69 Å². The lowest BCUT2D eigenvalue weighted by Gasteiger charge is -2.39. The summed E-state index contributed by atoms with van der Waals surface area (Å²) in [5.74, 6) is -0.549. The predicted octanol–water partition coefficient (Wildman–Crippen LogP) is 3.03. The number of piperazine rings is 1. The molecule has 2 saturated heterocycles. The fourth-order valence-corrected chi connectivity index (χ4v) is 6.51. The van der Waals surface area contributed by atoms with Crippen molar-refractivity contribution in [2.24, 2.45) is 5.92 Å². The molecule has 0 spiro atoms. The van der Waals surface area contributed by atoms with Gasteiger partial charge in [-0.15, -0.1) is 0 Å². The van der Waals surface area contributed by atoms with Crippen LogP contribution in [0.2, 0.25) is 0 Å². The van der Waals surface area contributed by atoms with Crippen LogP contribution in [0.1, 0.15) is 12.8 Å². The van der Waals surface area contributed by atoms with Crippen LogP contribution in [0.5, 0.6) is 0 Å². The minimum atomic E-state index is -3.79. The van der Waals surface area contributed by atoms with E-state index in [9.17, 15) is 27.7 Å². The molecule has 0 saturated carbocycles. The number of rotatable bonds is 5. The van der Waals surface area contributed by atoms with Gasteiger partial charge in [0.2, 0.25) is 15.9 Å². The van der Waals surface area contributed by atoms with E-state index in [4.69, 9.17) is 0 Å². The first-order chi connectivity index (χ1) is 17.7. The van der Waals surface area contributed by atoms with E-state index in [2.05, 4.69) is 9.88 Å². The average Bonchev–Trinajstić information content (AvgIpc) is 2.92. The number of fused-ring (bicyclic) bond motifs is 1. The van der Waals surface area contributed by atoms with Gasteiger partial charge in [-0.05, 0) is 43.2 Å². The number of nitro benzene ring substituents is 1. The minimum absolute atomic E-state index is 0.00497. The number of carbonyl (C=O) groups excluding carboxylic acids is 1. The van der Waals surface area contributed by atoms with Crippen LogP contribution in [0.3, 0.4) is 0 Å². The highest BCUT2D eigenvalue weighted by Gasteiger charge is 2.35. The molecule has 10 nitrogen and oxygen atoms in total. The Balaban J connectivity index is 1.18. The highest BCUT2D eigenvalue weighted by atomic mass is 32.2. The van der Waals surface area contributed by atoms with Crippen LogP contribution < -0.4 is 4.90 Å². The number of sulfonamides is 1. The molecule has 5 rings (SSSR count). The standard InChI is InChI=1S/C25H26FN5O5S/c26-19-1-6-22-23(17-19)27-10-7-24(22)28-13-15-29(16-14-28)25(32)18-8-11-30(12-9-18)37(35,36)21-4-2-20(3-5-21)31(33)34/h1-7,10,17-18H,8-9,11-16H2.